The molecule has 2 heterocycles. The lowest BCUT2D eigenvalue weighted by atomic mass is 9.96. The molecule has 12 heteroatoms. The quantitative estimate of drug-likeness (QED) is 0.106. The molecule has 4 atom stereocenters. The summed E-state index contributed by atoms with van der Waals surface area (Å²) < 4.78 is 5.97. The van der Waals surface area contributed by atoms with E-state index in [1.54, 1.807) is 6.33 Å². The van der Waals surface area contributed by atoms with Gasteiger partial charge in [0, 0.05) is 55.8 Å². The van der Waals surface area contributed by atoms with E-state index < -0.39 is 6.10 Å². The summed E-state index contributed by atoms with van der Waals surface area (Å²) in [7, 11) is 0. The number of nitrogens with zero attached hydrogens (tertiary/aromatic N) is 4. The van der Waals surface area contributed by atoms with Crippen molar-refractivity contribution < 1.29 is 24.5 Å². The van der Waals surface area contributed by atoms with Gasteiger partial charge < -0.3 is 30.1 Å². The standard InChI is InChI=1S/C36H54ClN5O3.C3H8O2.ClH/c1-5-6-7-8-9-10-11-12-13-14-32(43)45-31-23-27(4)33-34(31)39-25-40-35(33)41-19-21-42(22-20-41)36(44)30(24-38-26(2)3)28-15-17-29(37)18-16-28;1-3(5)2-4;/h15-18,25-27,30-31,38H,5-14,19-24H2,1-4H3;3-5H,2H2,1H3;1H/t27-,30-,31-;;/m1../s1. The maximum Gasteiger partial charge on any atom is 0.306 e. The van der Waals surface area contributed by atoms with Gasteiger partial charge in [-0.2, -0.15) is 0 Å². The molecule has 0 saturated carbocycles. The molecule has 0 spiro atoms. The van der Waals surface area contributed by atoms with Crippen molar-refractivity contribution in [2.75, 3.05) is 44.2 Å². The number of halogens is 2. The molecule has 4 rings (SSSR count). The number of carbonyl (C=O) groups excluding carboxylic acids is 2. The summed E-state index contributed by atoms with van der Waals surface area (Å²) in [5.74, 6) is 0.832. The first-order chi connectivity index (χ1) is 24.0. The van der Waals surface area contributed by atoms with E-state index in [4.69, 9.17) is 31.5 Å². The Kier molecular flexibility index (Phi) is 21.0. The molecule has 1 saturated heterocycles. The Balaban J connectivity index is 0.00000140. The number of anilines is 1. The van der Waals surface area contributed by atoms with Gasteiger partial charge in [-0.3, -0.25) is 9.59 Å². The number of aliphatic hydroxyl groups excluding tert-OH is 2. The number of benzene rings is 1. The van der Waals surface area contributed by atoms with Gasteiger partial charge in [0.15, 0.2) is 0 Å². The van der Waals surface area contributed by atoms with Crippen molar-refractivity contribution in [2.24, 2.45) is 0 Å². The van der Waals surface area contributed by atoms with E-state index in [9.17, 15) is 9.59 Å². The van der Waals surface area contributed by atoms with Crippen LogP contribution in [0.3, 0.4) is 0 Å². The maximum atomic E-state index is 13.8. The highest BCUT2D eigenvalue weighted by Crippen LogP contribution is 2.45. The molecule has 288 valence electrons. The summed E-state index contributed by atoms with van der Waals surface area (Å²) >= 11 is 6.13. The highest BCUT2D eigenvalue weighted by molar-refractivity contribution is 6.30. The first-order valence-electron chi connectivity index (χ1n) is 18.9. The zero-order valence-electron chi connectivity index (χ0n) is 31.5. The third-order valence-corrected chi connectivity index (χ3v) is 9.73. The van der Waals surface area contributed by atoms with Crippen LogP contribution in [0.2, 0.25) is 5.02 Å². The predicted molar refractivity (Wildman–Crippen MR) is 208 cm³/mol. The second-order valence-corrected chi connectivity index (χ2v) is 14.6. The van der Waals surface area contributed by atoms with Crippen molar-refractivity contribution in [3.8, 4) is 0 Å². The van der Waals surface area contributed by atoms with Gasteiger partial charge in [0.2, 0.25) is 5.91 Å². The number of amides is 1. The van der Waals surface area contributed by atoms with Crippen LogP contribution in [-0.2, 0) is 14.3 Å². The van der Waals surface area contributed by atoms with Gasteiger partial charge in [-0.15, -0.1) is 12.4 Å². The number of rotatable bonds is 18. The minimum Gasteiger partial charge on any atom is -0.456 e. The van der Waals surface area contributed by atoms with Crippen molar-refractivity contribution in [1.29, 1.82) is 0 Å². The van der Waals surface area contributed by atoms with Crippen LogP contribution in [0, 0.1) is 0 Å². The zero-order chi connectivity index (χ0) is 36.5. The molecule has 1 aliphatic carbocycles. The molecule has 1 aromatic carbocycles. The summed E-state index contributed by atoms with van der Waals surface area (Å²) in [6.07, 6.45) is 12.9. The third-order valence-electron chi connectivity index (χ3n) is 9.47. The Bertz CT molecular complexity index is 1290. The molecule has 2 aromatic rings. The van der Waals surface area contributed by atoms with Crippen molar-refractivity contribution in [2.45, 2.75) is 135 Å². The summed E-state index contributed by atoms with van der Waals surface area (Å²) in [4.78, 5) is 40.0. The van der Waals surface area contributed by atoms with E-state index in [1.807, 2.05) is 29.2 Å². The van der Waals surface area contributed by atoms with Gasteiger partial charge >= 0.3 is 5.97 Å². The highest BCUT2D eigenvalue weighted by Gasteiger charge is 2.37. The molecule has 2 aliphatic rings. The fourth-order valence-corrected chi connectivity index (χ4v) is 6.71. The minimum atomic E-state index is -0.560. The Morgan fingerprint density at radius 3 is 2.12 bits per heavy atom. The number of hydrogen-bond acceptors (Lipinski definition) is 9. The van der Waals surface area contributed by atoms with Crippen LogP contribution in [0.4, 0.5) is 5.82 Å². The van der Waals surface area contributed by atoms with Gasteiger partial charge in [-0.1, -0.05) is 103 Å². The highest BCUT2D eigenvalue weighted by atomic mass is 35.5. The summed E-state index contributed by atoms with van der Waals surface area (Å²) in [5.41, 5.74) is 2.90. The van der Waals surface area contributed by atoms with Crippen LogP contribution in [-0.4, -0.2) is 88.4 Å². The second kappa shape index (κ2) is 23.9. The Hall–Kier alpha value is -2.50. The molecule has 1 aromatic heterocycles. The molecule has 1 amide bonds. The molecule has 3 N–H and O–H groups in total. The smallest absolute Gasteiger partial charge is 0.306 e. The van der Waals surface area contributed by atoms with Gasteiger partial charge in [-0.25, -0.2) is 9.97 Å². The van der Waals surface area contributed by atoms with Gasteiger partial charge in [0.1, 0.15) is 18.2 Å². The zero-order valence-corrected chi connectivity index (χ0v) is 33.1. The van der Waals surface area contributed by atoms with Crippen LogP contribution >= 0.6 is 24.0 Å². The molecule has 1 fully saturated rings. The maximum absolute atomic E-state index is 13.8. The summed E-state index contributed by atoms with van der Waals surface area (Å²) in [5, 5.41) is 20.1. The lowest BCUT2D eigenvalue weighted by Crippen LogP contribution is -2.51. The van der Waals surface area contributed by atoms with Gasteiger partial charge in [0.25, 0.3) is 0 Å². The Morgan fingerprint density at radius 2 is 1.55 bits per heavy atom. The molecule has 51 heavy (non-hydrogen) atoms. The number of piperazine rings is 1. The lowest BCUT2D eigenvalue weighted by molar-refractivity contribution is -0.149. The van der Waals surface area contributed by atoms with E-state index in [-0.39, 0.29) is 54.9 Å². The summed E-state index contributed by atoms with van der Waals surface area (Å²) in [6.45, 7) is 13.2. The third kappa shape index (κ3) is 14.8. The Morgan fingerprint density at radius 1 is 0.961 bits per heavy atom. The Labute approximate surface area is 317 Å². The lowest BCUT2D eigenvalue weighted by Gasteiger charge is -2.38. The van der Waals surface area contributed by atoms with Crippen molar-refractivity contribution in [3.05, 3.63) is 52.4 Å². The van der Waals surface area contributed by atoms with E-state index in [1.165, 1.54) is 51.9 Å². The first kappa shape index (κ1) is 44.7. The monoisotopic (exact) mass is 751 g/mol. The first-order valence-corrected chi connectivity index (χ1v) is 19.3. The molecule has 10 nitrogen and oxygen atoms in total. The molecule has 1 aliphatic heterocycles. The van der Waals surface area contributed by atoms with Crippen LogP contribution < -0.4 is 10.2 Å². The minimum absolute atomic E-state index is 0. The normalized spacial score (nSPS) is 18.0. The number of fused-ring (bicyclic) bond motifs is 1. The number of carbonyl (C=O) groups is 2. The number of aromatic nitrogens is 2. The molecular formula is C39H63Cl2N5O5. The van der Waals surface area contributed by atoms with E-state index in [2.05, 4.69) is 42.9 Å². The fraction of sp³-hybridized carbons (Fsp3) is 0.692. The second-order valence-electron chi connectivity index (χ2n) is 14.2. The number of unbranched alkanes of at least 4 members (excludes halogenated alkanes) is 8. The van der Waals surface area contributed by atoms with Gasteiger partial charge in [0.05, 0.1) is 24.3 Å². The van der Waals surface area contributed by atoms with Crippen molar-refractivity contribution >= 4 is 41.7 Å². The van der Waals surface area contributed by atoms with Crippen molar-refractivity contribution in [1.82, 2.24) is 20.2 Å². The molecular weight excluding hydrogens is 689 g/mol. The number of ether oxygens (including phenoxy) is 1. The van der Waals surface area contributed by atoms with Crippen molar-refractivity contribution in [3.63, 3.8) is 0 Å². The molecule has 0 radical (unpaired) electrons. The van der Waals surface area contributed by atoms with Crippen LogP contribution in [0.25, 0.3) is 0 Å². The number of hydrogen-bond donors (Lipinski definition) is 3. The van der Waals surface area contributed by atoms with Crippen LogP contribution in [0.5, 0.6) is 0 Å². The van der Waals surface area contributed by atoms with Crippen LogP contribution in [0.1, 0.15) is 140 Å². The van der Waals surface area contributed by atoms with Gasteiger partial charge in [-0.05, 0) is 43.4 Å². The molecule has 0 bridgehead atoms. The number of esters is 1. The average Bonchev–Trinajstić information content (AvgIpc) is 3.42. The topological polar surface area (TPSA) is 128 Å². The van der Waals surface area contributed by atoms with E-state index in [0.717, 1.165) is 41.9 Å². The average molecular weight is 753 g/mol. The SMILES string of the molecule is CC(O)CO.CCCCCCCCCCCC(=O)O[C@@H]1C[C@@H](C)c2c1ncnc2N1CCN(C(=O)[C@H](CNC(C)C)c2ccc(Cl)cc2)CC1.Cl. The van der Waals surface area contributed by atoms with E-state index >= 15 is 0 Å². The predicted octanol–water partition coefficient (Wildman–Crippen LogP) is 7.35. The number of aliphatic hydroxyl groups is 2. The van der Waals surface area contributed by atoms with E-state index in [0.29, 0.717) is 44.2 Å². The largest absolute Gasteiger partial charge is 0.456 e. The van der Waals surface area contributed by atoms with Crippen LogP contribution in [0.15, 0.2) is 30.6 Å². The summed E-state index contributed by atoms with van der Waals surface area (Å²) in [6, 6.07) is 7.89. The number of nitrogens with one attached hydrogen (secondary N) is 1. The fourth-order valence-electron chi connectivity index (χ4n) is 6.59. The molecule has 1 unspecified atom stereocenters.